The number of hydrogen-bond donors (Lipinski definition) is 3. The average Bonchev–Trinajstić information content (AvgIpc) is 3.35. The number of nitrogens with zero attached hydrogens (tertiary/aromatic N) is 1. The smallest absolute Gasteiger partial charge is 0.244 e. The molecule has 3 aliphatic heterocycles. The van der Waals surface area contributed by atoms with E-state index in [-0.39, 0.29) is 34.4 Å². The van der Waals surface area contributed by atoms with Crippen LogP contribution in [0.4, 0.5) is 0 Å². The summed E-state index contributed by atoms with van der Waals surface area (Å²) in [5, 5.41) is 15.3. The van der Waals surface area contributed by atoms with Crippen LogP contribution in [0.1, 0.15) is 45.6 Å². The number of halogens is 1. The van der Waals surface area contributed by atoms with Gasteiger partial charge in [-0.25, -0.2) is 0 Å². The highest BCUT2D eigenvalue weighted by Gasteiger charge is 2.75. The van der Waals surface area contributed by atoms with Gasteiger partial charge in [0.25, 0.3) is 0 Å². The van der Waals surface area contributed by atoms with E-state index in [0.717, 1.165) is 5.56 Å². The number of hydrogen-bond acceptors (Lipinski definition) is 5. The number of likely N-dealkylation sites (tertiary alicyclic amines) is 1. The van der Waals surface area contributed by atoms with Gasteiger partial charge in [0, 0.05) is 35.3 Å². The van der Waals surface area contributed by atoms with Crippen LogP contribution in [0.2, 0.25) is 0 Å². The standard InChI is InChI=1S/C25H34BrN3O4S/c1-24(2,3)28-22(32)20-25-13-16(26)19(34-25)17(18(25)23(33)29(20)11-7-8-12-30)21(31)27-14-15-9-5-4-6-10-15/h4-6,9-10,16-20,30H,7-8,11-14H2,1-3H3,(H,27,31)(H,28,32)/t16?,17-,18+,19-,20?,25?/m1/s1. The van der Waals surface area contributed by atoms with Crippen LogP contribution in [-0.4, -0.2) is 67.3 Å². The van der Waals surface area contributed by atoms with E-state index < -0.39 is 28.2 Å². The van der Waals surface area contributed by atoms with Gasteiger partial charge in [-0.3, -0.25) is 14.4 Å². The molecule has 7 nitrogen and oxygen atoms in total. The molecule has 3 unspecified atom stereocenters. The normalized spacial score (nSPS) is 32.1. The van der Waals surface area contributed by atoms with E-state index in [1.165, 1.54) is 0 Å². The summed E-state index contributed by atoms with van der Waals surface area (Å²) in [6.45, 7) is 6.64. The lowest BCUT2D eigenvalue weighted by molar-refractivity contribution is -0.140. The third-order valence-electron chi connectivity index (χ3n) is 6.96. The summed E-state index contributed by atoms with van der Waals surface area (Å²) in [5.74, 6) is -1.42. The predicted octanol–water partition coefficient (Wildman–Crippen LogP) is 2.45. The first kappa shape index (κ1) is 25.5. The van der Waals surface area contributed by atoms with E-state index in [1.54, 1.807) is 16.7 Å². The summed E-state index contributed by atoms with van der Waals surface area (Å²) in [6, 6.07) is 9.08. The minimum absolute atomic E-state index is 0.0419. The molecule has 1 spiro atoms. The van der Waals surface area contributed by atoms with Crippen molar-refractivity contribution in [2.24, 2.45) is 11.8 Å². The summed E-state index contributed by atoms with van der Waals surface area (Å²) < 4.78 is -0.640. The van der Waals surface area contributed by atoms with Crippen LogP contribution in [-0.2, 0) is 20.9 Å². The Kier molecular flexibility index (Phi) is 7.37. The molecule has 3 aliphatic rings. The maximum Gasteiger partial charge on any atom is 0.244 e. The molecule has 0 aliphatic carbocycles. The number of aliphatic hydroxyl groups is 1. The van der Waals surface area contributed by atoms with Crippen LogP contribution in [0.3, 0.4) is 0 Å². The minimum Gasteiger partial charge on any atom is -0.396 e. The molecular weight excluding hydrogens is 518 g/mol. The number of thioether (sulfide) groups is 1. The van der Waals surface area contributed by atoms with Crippen LogP contribution in [0.5, 0.6) is 0 Å². The number of rotatable bonds is 8. The second-order valence-corrected chi connectivity index (χ2v) is 13.3. The van der Waals surface area contributed by atoms with Crippen LogP contribution in [0, 0.1) is 11.8 Å². The zero-order valence-electron chi connectivity index (χ0n) is 19.9. The van der Waals surface area contributed by atoms with Gasteiger partial charge in [0.15, 0.2) is 0 Å². The van der Waals surface area contributed by atoms with Crippen molar-refractivity contribution in [1.82, 2.24) is 15.5 Å². The summed E-state index contributed by atoms with van der Waals surface area (Å²) in [5.41, 5.74) is 0.565. The van der Waals surface area contributed by atoms with Crippen LogP contribution >= 0.6 is 27.7 Å². The number of carbonyl (C=O) groups is 3. The quantitative estimate of drug-likeness (QED) is 0.340. The highest BCUT2D eigenvalue weighted by Crippen LogP contribution is 2.67. The SMILES string of the molecule is CC(C)(C)NC(=O)C1N(CCCCO)C(=O)[C@@H]2[C@@H](C(=O)NCc3ccccc3)[C@@H]3SC12CC3Br. The summed E-state index contributed by atoms with van der Waals surface area (Å²) in [6.07, 6.45) is 1.84. The van der Waals surface area contributed by atoms with Gasteiger partial charge in [-0.05, 0) is 45.6 Å². The summed E-state index contributed by atoms with van der Waals surface area (Å²) in [4.78, 5) is 42.6. The summed E-state index contributed by atoms with van der Waals surface area (Å²) in [7, 11) is 0. The van der Waals surface area contributed by atoms with Crippen molar-refractivity contribution in [1.29, 1.82) is 0 Å². The van der Waals surface area contributed by atoms with Gasteiger partial charge in [-0.1, -0.05) is 46.3 Å². The fraction of sp³-hybridized carbons (Fsp3) is 0.640. The molecule has 3 N–H and O–H groups in total. The zero-order chi connectivity index (χ0) is 24.7. The van der Waals surface area contributed by atoms with Crippen LogP contribution < -0.4 is 10.6 Å². The fourth-order valence-electron chi connectivity index (χ4n) is 5.70. The van der Waals surface area contributed by atoms with Crippen molar-refractivity contribution in [3.8, 4) is 0 Å². The van der Waals surface area contributed by atoms with Crippen molar-refractivity contribution in [2.75, 3.05) is 13.2 Å². The van der Waals surface area contributed by atoms with Gasteiger partial charge in [0.1, 0.15) is 6.04 Å². The first-order valence-corrected chi connectivity index (χ1v) is 13.8. The average molecular weight is 553 g/mol. The van der Waals surface area contributed by atoms with Crippen molar-refractivity contribution in [2.45, 2.75) is 73.0 Å². The Morgan fingerprint density at radius 3 is 2.56 bits per heavy atom. The topological polar surface area (TPSA) is 98.7 Å². The van der Waals surface area contributed by atoms with E-state index in [9.17, 15) is 19.5 Å². The van der Waals surface area contributed by atoms with E-state index in [4.69, 9.17) is 0 Å². The third kappa shape index (κ3) is 4.63. The number of fused-ring (bicyclic) bond motifs is 1. The van der Waals surface area contributed by atoms with Crippen molar-refractivity contribution >= 4 is 45.4 Å². The van der Waals surface area contributed by atoms with Gasteiger partial charge in [0.2, 0.25) is 17.7 Å². The Bertz CT molecular complexity index is 940. The molecule has 3 amide bonds. The number of aliphatic hydroxyl groups excluding tert-OH is 1. The second-order valence-electron chi connectivity index (χ2n) is 10.6. The maximum absolute atomic E-state index is 13.8. The Hall–Kier alpha value is -1.58. The predicted molar refractivity (Wildman–Crippen MR) is 136 cm³/mol. The Morgan fingerprint density at radius 1 is 1.21 bits per heavy atom. The molecule has 0 aromatic heterocycles. The van der Waals surface area contributed by atoms with Gasteiger partial charge in [-0.2, -0.15) is 0 Å². The molecule has 9 heteroatoms. The molecule has 186 valence electrons. The van der Waals surface area contributed by atoms with Crippen LogP contribution in [0.25, 0.3) is 0 Å². The Morgan fingerprint density at radius 2 is 1.91 bits per heavy atom. The number of nitrogens with one attached hydrogen (secondary N) is 2. The number of alkyl halides is 1. The third-order valence-corrected chi connectivity index (χ3v) is 10.2. The maximum atomic E-state index is 13.8. The molecule has 0 saturated carbocycles. The number of unbranched alkanes of at least 4 members (excludes halogenated alkanes) is 1. The molecule has 6 atom stereocenters. The highest BCUT2D eigenvalue weighted by molar-refractivity contribution is 9.09. The van der Waals surface area contributed by atoms with Gasteiger partial charge in [0.05, 0.1) is 16.6 Å². The molecule has 3 heterocycles. The minimum atomic E-state index is -0.640. The number of amides is 3. The van der Waals surface area contributed by atoms with E-state index in [2.05, 4.69) is 26.6 Å². The lowest BCUT2D eigenvalue weighted by atomic mass is 9.70. The number of carbonyl (C=O) groups excluding carboxylic acids is 3. The molecule has 3 saturated heterocycles. The molecule has 0 radical (unpaired) electrons. The molecule has 1 aromatic carbocycles. The number of benzene rings is 1. The highest BCUT2D eigenvalue weighted by atomic mass is 79.9. The molecule has 2 bridgehead atoms. The van der Waals surface area contributed by atoms with Crippen molar-refractivity contribution in [3.63, 3.8) is 0 Å². The first-order valence-electron chi connectivity index (χ1n) is 12.0. The Labute approximate surface area is 213 Å². The molecule has 4 rings (SSSR count). The zero-order valence-corrected chi connectivity index (χ0v) is 22.3. The lowest BCUT2D eigenvalue weighted by Gasteiger charge is -2.36. The first-order chi connectivity index (χ1) is 16.1. The molecule has 3 fully saturated rings. The molecule has 34 heavy (non-hydrogen) atoms. The lowest BCUT2D eigenvalue weighted by Crippen LogP contribution is -2.57. The molecular formula is C25H34BrN3O4S. The monoisotopic (exact) mass is 551 g/mol. The van der Waals surface area contributed by atoms with Gasteiger partial charge >= 0.3 is 0 Å². The van der Waals surface area contributed by atoms with E-state index in [0.29, 0.717) is 32.4 Å². The molecule has 1 aromatic rings. The van der Waals surface area contributed by atoms with Crippen LogP contribution in [0.15, 0.2) is 30.3 Å². The largest absolute Gasteiger partial charge is 0.396 e. The van der Waals surface area contributed by atoms with E-state index in [1.807, 2.05) is 51.1 Å². The summed E-state index contributed by atoms with van der Waals surface area (Å²) >= 11 is 5.42. The van der Waals surface area contributed by atoms with E-state index >= 15 is 0 Å². The fourth-order valence-corrected chi connectivity index (χ4v) is 9.32. The van der Waals surface area contributed by atoms with Gasteiger partial charge < -0.3 is 20.6 Å². The van der Waals surface area contributed by atoms with Crippen molar-refractivity contribution < 1.29 is 19.5 Å². The second kappa shape index (κ2) is 9.82. The van der Waals surface area contributed by atoms with Crippen molar-refractivity contribution in [3.05, 3.63) is 35.9 Å². The Balaban J connectivity index is 1.63. The van der Waals surface area contributed by atoms with Gasteiger partial charge in [-0.15, -0.1) is 11.8 Å².